The minimum absolute atomic E-state index is 0.0808. The van der Waals surface area contributed by atoms with Crippen LogP contribution in [0, 0.1) is 0 Å². The molecule has 1 aliphatic rings. The van der Waals surface area contributed by atoms with Gasteiger partial charge in [-0.2, -0.15) is 12.7 Å². The number of hydrogen-bond acceptors (Lipinski definition) is 4. The topological polar surface area (TPSA) is 78.9 Å². The van der Waals surface area contributed by atoms with Crippen molar-refractivity contribution < 1.29 is 18.3 Å². The lowest BCUT2D eigenvalue weighted by atomic mass is 10.2. The van der Waals surface area contributed by atoms with E-state index in [0.717, 1.165) is 0 Å². The standard InChI is InChI=1S/C11H24N2O4S/c1-9(14)5-4-6-12-18(15,16)13-7-10(2)17-11(3)8-13/h9-12,14H,4-8H2,1-3H3. The largest absolute Gasteiger partial charge is 0.393 e. The zero-order chi connectivity index (χ0) is 13.8. The molecule has 18 heavy (non-hydrogen) atoms. The first-order valence-electron chi connectivity index (χ1n) is 6.39. The maximum Gasteiger partial charge on any atom is 0.279 e. The maximum atomic E-state index is 12.0. The summed E-state index contributed by atoms with van der Waals surface area (Å²) in [7, 11) is -3.43. The van der Waals surface area contributed by atoms with Gasteiger partial charge in [-0.1, -0.05) is 0 Å². The molecule has 0 aromatic carbocycles. The summed E-state index contributed by atoms with van der Waals surface area (Å²) in [6.45, 7) is 6.55. The molecule has 2 N–H and O–H groups in total. The van der Waals surface area contributed by atoms with Crippen molar-refractivity contribution in [3.63, 3.8) is 0 Å². The van der Waals surface area contributed by atoms with Crippen LogP contribution >= 0.6 is 0 Å². The molecule has 0 radical (unpaired) electrons. The highest BCUT2D eigenvalue weighted by molar-refractivity contribution is 7.87. The van der Waals surface area contributed by atoms with E-state index in [1.807, 2.05) is 13.8 Å². The van der Waals surface area contributed by atoms with E-state index in [-0.39, 0.29) is 12.2 Å². The fourth-order valence-corrected chi connectivity index (χ4v) is 3.41. The molecule has 0 bridgehead atoms. The summed E-state index contributed by atoms with van der Waals surface area (Å²) in [4.78, 5) is 0. The summed E-state index contributed by atoms with van der Waals surface area (Å²) in [6, 6.07) is 0. The van der Waals surface area contributed by atoms with Gasteiger partial charge < -0.3 is 9.84 Å². The molecule has 6 nitrogen and oxygen atoms in total. The minimum atomic E-state index is -3.43. The molecule has 1 saturated heterocycles. The van der Waals surface area contributed by atoms with Crippen molar-refractivity contribution >= 4 is 10.2 Å². The summed E-state index contributed by atoms with van der Waals surface area (Å²) in [5.74, 6) is 0. The second-order valence-corrected chi connectivity index (χ2v) is 6.72. The highest BCUT2D eigenvalue weighted by Gasteiger charge is 2.30. The van der Waals surface area contributed by atoms with Gasteiger partial charge in [0.1, 0.15) is 0 Å². The molecule has 7 heteroatoms. The average Bonchev–Trinajstić information content (AvgIpc) is 2.23. The lowest BCUT2D eigenvalue weighted by Crippen LogP contribution is -2.52. The fraction of sp³-hybridized carbons (Fsp3) is 1.00. The van der Waals surface area contributed by atoms with E-state index in [9.17, 15) is 8.42 Å². The maximum absolute atomic E-state index is 12.0. The van der Waals surface area contributed by atoms with Crippen molar-refractivity contribution in [3.8, 4) is 0 Å². The van der Waals surface area contributed by atoms with Crippen LogP contribution < -0.4 is 4.72 Å². The van der Waals surface area contributed by atoms with Crippen LogP contribution in [0.25, 0.3) is 0 Å². The molecular formula is C11H24N2O4S. The molecule has 0 spiro atoms. The van der Waals surface area contributed by atoms with Gasteiger partial charge in [0.25, 0.3) is 10.2 Å². The van der Waals surface area contributed by atoms with Gasteiger partial charge in [0.05, 0.1) is 18.3 Å². The van der Waals surface area contributed by atoms with E-state index in [4.69, 9.17) is 9.84 Å². The number of aliphatic hydroxyl groups excluding tert-OH is 1. The molecule has 3 unspecified atom stereocenters. The van der Waals surface area contributed by atoms with Crippen LogP contribution in [0.5, 0.6) is 0 Å². The lowest BCUT2D eigenvalue weighted by Gasteiger charge is -2.34. The minimum Gasteiger partial charge on any atom is -0.393 e. The predicted molar refractivity (Wildman–Crippen MR) is 69.4 cm³/mol. The Balaban J connectivity index is 2.42. The van der Waals surface area contributed by atoms with Crippen LogP contribution in [-0.4, -0.2) is 55.8 Å². The lowest BCUT2D eigenvalue weighted by molar-refractivity contribution is -0.0443. The Bertz CT molecular complexity index is 335. The first-order chi connectivity index (χ1) is 8.31. The molecule has 1 aliphatic heterocycles. The Morgan fingerprint density at radius 1 is 1.39 bits per heavy atom. The van der Waals surface area contributed by atoms with E-state index in [1.54, 1.807) is 6.92 Å². The third-order valence-electron chi connectivity index (χ3n) is 2.81. The Labute approximate surface area is 109 Å². The van der Waals surface area contributed by atoms with Crippen LogP contribution in [0.1, 0.15) is 33.6 Å². The summed E-state index contributed by atoms with van der Waals surface area (Å²) < 4.78 is 33.5. The van der Waals surface area contributed by atoms with E-state index in [1.165, 1.54) is 4.31 Å². The molecule has 0 aliphatic carbocycles. The fourth-order valence-electron chi connectivity index (χ4n) is 2.02. The number of nitrogens with one attached hydrogen (secondary N) is 1. The summed E-state index contributed by atoms with van der Waals surface area (Å²) >= 11 is 0. The van der Waals surface area contributed by atoms with Gasteiger partial charge in [0.2, 0.25) is 0 Å². The third-order valence-corrected chi connectivity index (χ3v) is 4.36. The van der Waals surface area contributed by atoms with Crippen molar-refractivity contribution in [1.82, 2.24) is 9.03 Å². The summed E-state index contributed by atoms with van der Waals surface area (Å²) in [6.07, 6.45) is 0.675. The zero-order valence-electron chi connectivity index (χ0n) is 11.3. The number of rotatable bonds is 6. The SMILES string of the molecule is CC(O)CCCNS(=O)(=O)N1CC(C)OC(C)C1. The molecule has 3 atom stereocenters. The number of morpholine rings is 1. The highest BCUT2D eigenvalue weighted by Crippen LogP contribution is 2.13. The number of ether oxygens (including phenoxy) is 1. The van der Waals surface area contributed by atoms with E-state index in [2.05, 4.69) is 4.72 Å². The molecule has 1 heterocycles. The molecule has 0 aromatic rings. The van der Waals surface area contributed by atoms with Gasteiger partial charge in [-0.25, -0.2) is 4.72 Å². The van der Waals surface area contributed by atoms with Gasteiger partial charge in [0, 0.05) is 19.6 Å². The van der Waals surface area contributed by atoms with Crippen LogP contribution in [0.2, 0.25) is 0 Å². The van der Waals surface area contributed by atoms with Crippen LogP contribution in [0.15, 0.2) is 0 Å². The molecular weight excluding hydrogens is 256 g/mol. The predicted octanol–water partition coefficient (Wildman–Crippen LogP) is 0.0910. The van der Waals surface area contributed by atoms with Crippen LogP contribution in [-0.2, 0) is 14.9 Å². The smallest absolute Gasteiger partial charge is 0.279 e. The second kappa shape index (κ2) is 6.81. The molecule has 0 aromatic heterocycles. The molecule has 108 valence electrons. The zero-order valence-corrected chi connectivity index (χ0v) is 12.1. The van der Waals surface area contributed by atoms with E-state index in [0.29, 0.717) is 32.5 Å². The summed E-state index contributed by atoms with van der Waals surface area (Å²) in [5.41, 5.74) is 0. The van der Waals surface area contributed by atoms with Gasteiger partial charge in [-0.05, 0) is 33.6 Å². The Kier molecular flexibility index (Phi) is 6.00. The molecule has 1 fully saturated rings. The Morgan fingerprint density at radius 3 is 2.44 bits per heavy atom. The Morgan fingerprint density at radius 2 is 1.94 bits per heavy atom. The first kappa shape index (κ1) is 15.8. The van der Waals surface area contributed by atoms with Gasteiger partial charge in [-0.3, -0.25) is 0 Å². The van der Waals surface area contributed by atoms with E-state index < -0.39 is 16.3 Å². The summed E-state index contributed by atoms with van der Waals surface area (Å²) in [5, 5.41) is 9.10. The van der Waals surface area contributed by atoms with Crippen LogP contribution in [0.3, 0.4) is 0 Å². The van der Waals surface area contributed by atoms with Crippen molar-refractivity contribution in [2.24, 2.45) is 0 Å². The molecule has 0 amide bonds. The number of hydrogen-bond donors (Lipinski definition) is 2. The van der Waals surface area contributed by atoms with Gasteiger partial charge >= 0.3 is 0 Å². The Hall–Kier alpha value is -0.210. The number of aliphatic hydroxyl groups is 1. The van der Waals surface area contributed by atoms with Crippen molar-refractivity contribution in [2.45, 2.75) is 51.9 Å². The second-order valence-electron chi connectivity index (χ2n) is 4.96. The van der Waals surface area contributed by atoms with Crippen molar-refractivity contribution in [2.75, 3.05) is 19.6 Å². The van der Waals surface area contributed by atoms with Crippen molar-refractivity contribution in [1.29, 1.82) is 0 Å². The normalized spacial score (nSPS) is 28.2. The van der Waals surface area contributed by atoms with Crippen LogP contribution in [0.4, 0.5) is 0 Å². The quantitative estimate of drug-likeness (QED) is 0.676. The van der Waals surface area contributed by atoms with Gasteiger partial charge in [-0.15, -0.1) is 0 Å². The first-order valence-corrected chi connectivity index (χ1v) is 7.83. The van der Waals surface area contributed by atoms with Gasteiger partial charge in [0.15, 0.2) is 0 Å². The van der Waals surface area contributed by atoms with Crippen molar-refractivity contribution in [3.05, 3.63) is 0 Å². The monoisotopic (exact) mass is 280 g/mol. The highest BCUT2D eigenvalue weighted by atomic mass is 32.2. The average molecular weight is 280 g/mol. The molecule has 0 saturated carbocycles. The van der Waals surface area contributed by atoms with E-state index >= 15 is 0 Å². The molecule has 1 rings (SSSR count). The number of nitrogens with zero attached hydrogens (tertiary/aromatic N) is 1. The third kappa shape index (κ3) is 5.19.